The summed E-state index contributed by atoms with van der Waals surface area (Å²) in [4.78, 5) is 3.25. The molecule has 0 atom stereocenters. The Balaban J connectivity index is 1.54. The van der Waals surface area contributed by atoms with Crippen LogP contribution in [0, 0.1) is 11.8 Å². The molecule has 0 spiro atoms. The molecule has 2 fully saturated rings. The first-order valence-corrected chi connectivity index (χ1v) is 9.92. The maximum Gasteiger partial charge on any atom is 0.240 e. The van der Waals surface area contributed by atoms with Crippen LogP contribution in [0.2, 0.25) is 0 Å². The Morgan fingerprint density at radius 2 is 1.11 bits per heavy atom. The lowest BCUT2D eigenvalue weighted by Gasteiger charge is -2.37. The summed E-state index contributed by atoms with van der Waals surface area (Å²) in [5, 5.41) is 0. The maximum atomic E-state index is 5.59. The van der Waals surface area contributed by atoms with Crippen molar-refractivity contribution in [1.82, 2.24) is 0 Å². The molecule has 0 amide bonds. The Morgan fingerprint density at radius 3 is 1.63 bits per heavy atom. The number of hydrogen-bond acceptors (Lipinski definition) is 2. The fourth-order valence-corrected chi connectivity index (χ4v) is 4.03. The third kappa shape index (κ3) is 4.77. The standard InChI is InChI=1S/C23H26N2O2/c1-2-4-20(5-3-1)6-7-21-8-10-22(11-9-21)23(24-12-16-26-17-13-24)25-14-18-27-19-15-25/h1-5,8-11,23H,12-19H2/p+2. The van der Waals surface area contributed by atoms with E-state index in [0.717, 1.165) is 63.7 Å². The monoisotopic (exact) mass is 364 g/mol. The van der Waals surface area contributed by atoms with Gasteiger partial charge in [0.1, 0.15) is 26.2 Å². The molecule has 0 saturated carbocycles. The highest BCUT2D eigenvalue weighted by molar-refractivity contribution is 5.43. The van der Waals surface area contributed by atoms with E-state index >= 15 is 0 Å². The van der Waals surface area contributed by atoms with Gasteiger partial charge >= 0.3 is 0 Å². The van der Waals surface area contributed by atoms with Crippen molar-refractivity contribution in [2.24, 2.45) is 0 Å². The Morgan fingerprint density at radius 1 is 0.630 bits per heavy atom. The van der Waals surface area contributed by atoms with E-state index in [4.69, 9.17) is 9.47 Å². The fraction of sp³-hybridized carbons (Fsp3) is 0.391. The zero-order chi connectivity index (χ0) is 18.3. The van der Waals surface area contributed by atoms with Crippen molar-refractivity contribution in [2.75, 3.05) is 52.6 Å². The minimum atomic E-state index is 0.453. The smallest absolute Gasteiger partial charge is 0.240 e. The van der Waals surface area contributed by atoms with Gasteiger partial charge in [0.05, 0.1) is 32.0 Å². The van der Waals surface area contributed by atoms with Gasteiger partial charge in [-0.25, -0.2) is 0 Å². The highest BCUT2D eigenvalue weighted by atomic mass is 16.5. The summed E-state index contributed by atoms with van der Waals surface area (Å²) in [5.74, 6) is 6.53. The fourth-order valence-electron chi connectivity index (χ4n) is 4.03. The average molecular weight is 364 g/mol. The van der Waals surface area contributed by atoms with Crippen LogP contribution < -0.4 is 9.80 Å². The highest BCUT2D eigenvalue weighted by Crippen LogP contribution is 2.09. The topological polar surface area (TPSA) is 27.3 Å². The van der Waals surface area contributed by atoms with Crippen LogP contribution in [-0.2, 0) is 9.47 Å². The SMILES string of the molecule is C(#Cc1ccc(C([NH+]2CCOCC2)[NH+]2CCOCC2)cc1)c1ccccc1. The van der Waals surface area contributed by atoms with Crippen LogP contribution in [0.1, 0.15) is 22.9 Å². The molecule has 0 aromatic heterocycles. The number of hydrogen-bond donors (Lipinski definition) is 2. The van der Waals surface area contributed by atoms with E-state index in [1.807, 2.05) is 30.3 Å². The minimum Gasteiger partial charge on any atom is -0.370 e. The molecule has 2 aromatic rings. The number of quaternary nitrogens is 2. The minimum absolute atomic E-state index is 0.453. The molecule has 0 aliphatic carbocycles. The molecule has 2 heterocycles. The van der Waals surface area contributed by atoms with Crippen LogP contribution in [-0.4, -0.2) is 52.6 Å². The molecule has 27 heavy (non-hydrogen) atoms. The van der Waals surface area contributed by atoms with Gasteiger partial charge in [0, 0.05) is 11.1 Å². The first kappa shape index (κ1) is 18.2. The molecular weight excluding hydrogens is 336 g/mol. The second kappa shape index (κ2) is 9.16. The molecule has 2 aliphatic rings. The number of ether oxygens (including phenoxy) is 2. The van der Waals surface area contributed by atoms with Gasteiger partial charge in [0.2, 0.25) is 6.17 Å². The molecule has 0 unspecified atom stereocenters. The van der Waals surface area contributed by atoms with Crippen LogP contribution in [0.15, 0.2) is 54.6 Å². The lowest BCUT2D eigenvalue weighted by Crippen LogP contribution is -3.32. The maximum absolute atomic E-state index is 5.59. The van der Waals surface area contributed by atoms with E-state index in [9.17, 15) is 0 Å². The summed E-state index contributed by atoms with van der Waals surface area (Å²) in [6.45, 7) is 7.73. The number of morpholine rings is 2. The summed E-state index contributed by atoms with van der Waals surface area (Å²) in [6.07, 6.45) is 0.453. The normalized spacial score (nSPS) is 18.9. The molecule has 4 nitrogen and oxygen atoms in total. The summed E-state index contributed by atoms with van der Waals surface area (Å²) < 4.78 is 11.2. The Bertz CT molecular complexity index is 750. The van der Waals surface area contributed by atoms with Crippen molar-refractivity contribution >= 4 is 0 Å². The summed E-state index contributed by atoms with van der Waals surface area (Å²) in [7, 11) is 0. The Hall–Kier alpha value is -2.16. The zero-order valence-electron chi connectivity index (χ0n) is 15.7. The van der Waals surface area contributed by atoms with Crippen molar-refractivity contribution in [3.05, 3.63) is 71.3 Å². The van der Waals surface area contributed by atoms with Crippen molar-refractivity contribution in [1.29, 1.82) is 0 Å². The van der Waals surface area contributed by atoms with E-state index < -0.39 is 0 Å². The van der Waals surface area contributed by atoms with Crippen molar-refractivity contribution in [3.8, 4) is 11.8 Å². The molecule has 4 heteroatoms. The van der Waals surface area contributed by atoms with Gasteiger partial charge in [-0.1, -0.05) is 30.0 Å². The molecule has 140 valence electrons. The summed E-state index contributed by atoms with van der Waals surface area (Å²) in [6, 6.07) is 19.0. The number of benzene rings is 2. The summed E-state index contributed by atoms with van der Waals surface area (Å²) >= 11 is 0. The van der Waals surface area contributed by atoms with Crippen LogP contribution >= 0.6 is 0 Å². The van der Waals surface area contributed by atoms with E-state index in [1.165, 1.54) is 5.56 Å². The molecule has 2 aliphatic heterocycles. The number of nitrogens with one attached hydrogen (secondary N) is 2. The molecular formula is C23H28N2O2+2. The molecule has 4 rings (SSSR count). The van der Waals surface area contributed by atoms with Gasteiger partial charge in [0.15, 0.2) is 0 Å². The average Bonchev–Trinajstić information content (AvgIpc) is 2.76. The second-order valence-corrected chi connectivity index (χ2v) is 7.21. The third-order valence-electron chi connectivity index (χ3n) is 5.46. The van der Waals surface area contributed by atoms with Crippen LogP contribution in [0.25, 0.3) is 0 Å². The van der Waals surface area contributed by atoms with Crippen LogP contribution in [0.4, 0.5) is 0 Å². The molecule has 2 saturated heterocycles. The van der Waals surface area contributed by atoms with Gasteiger partial charge in [0.25, 0.3) is 0 Å². The second-order valence-electron chi connectivity index (χ2n) is 7.21. The first-order chi connectivity index (χ1) is 13.4. The molecule has 0 bridgehead atoms. The van der Waals surface area contributed by atoms with Gasteiger partial charge in [-0.3, -0.25) is 9.80 Å². The quantitative estimate of drug-likeness (QED) is 0.746. The Labute approximate surface area is 161 Å². The molecule has 2 N–H and O–H groups in total. The largest absolute Gasteiger partial charge is 0.370 e. The van der Waals surface area contributed by atoms with Gasteiger partial charge in [-0.2, -0.15) is 0 Å². The van der Waals surface area contributed by atoms with E-state index in [1.54, 1.807) is 9.80 Å². The Kier molecular flexibility index (Phi) is 6.18. The van der Waals surface area contributed by atoms with Crippen molar-refractivity contribution in [3.63, 3.8) is 0 Å². The third-order valence-corrected chi connectivity index (χ3v) is 5.46. The molecule has 0 radical (unpaired) electrons. The highest BCUT2D eigenvalue weighted by Gasteiger charge is 2.35. The van der Waals surface area contributed by atoms with Crippen LogP contribution in [0.3, 0.4) is 0 Å². The predicted octanol–water partition coefficient (Wildman–Crippen LogP) is -0.0848. The van der Waals surface area contributed by atoms with E-state index in [-0.39, 0.29) is 0 Å². The van der Waals surface area contributed by atoms with Crippen molar-refractivity contribution < 1.29 is 19.3 Å². The van der Waals surface area contributed by atoms with Crippen LogP contribution in [0.5, 0.6) is 0 Å². The lowest BCUT2D eigenvalue weighted by molar-refractivity contribution is -1.14. The van der Waals surface area contributed by atoms with E-state index in [2.05, 4.69) is 36.1 Å². The molecule has 2 aromatic carbocycles. The number of rotatable bonds is 3. The summed E-state index contributed by atoms with van der Waals surface area (Å²) in [5.41, 5.74) is 3.51. The zero-order valence-corrected chi connectivity index (χ0v) is 15.7. The predicted molar refractivity (Wildman–Crippen MR) is 105 cm³/mol. The van der Waals surface area contributed by atoms with Gasteiger partial charge in [-0.15, -0.1) is 0 Å². The van der Waals surface area contributed by atoms with Gasteiger partial charge < -0.3 is 9.47 Å². The van der Waals surface area contributed by atoms with Gasteiger partial charge in [-0.05, 0) is 36.4 Å². The van der Waals surface area contributed by atoms with Crippen molar-refractivity contribution in [2.45, 2.75) is 6.17 Å². The first-order valence-electron chi connectivity index (χ1n) is 9.92. The lowest BCUT2D eigenvalue weighted by atomic mass is 10.1. The van der Waals surface area contributed by atoms with E-state index in [0.29, 0.717) is 6.17 Å².